The third-order valence-electron chi connectivity index (χ3n) is 10.3. The van der Waals surface area contributed by atoms with Gasteiger partial charge in [-0.3, -0.25) is 0 Å². The number of halogens is 5. The normalized spacial score (nSPS) is 27.7. The van der Waals surface area contributed by atoms with Crippen LogP contribution < -0.4 is 10.2 Å². The number of aryl methyl sites for hydroxylation is 1. The fourth-order valence-corrected chi connectivity index (χ4v) is 7.39. The Balaban J connectivity index is 1.46. The second-order valence-corrected chi connectivity index (χ2v) is 13.3. The molecule has 1 aromatic carbocycles. The molecule has 2 fully saturated rings. The van der Waals surface area contributed by atoms with Crippen molar-refractivity contribution in [1.82, 2.24) is 14.9 Å². The molecule has 246 valence electrons. The van der Waals surface area contributed by atoms with Crippen LogP contribution in [0.3, 0.4) is 0 Å². The van der Waals surface area contributed by atoms with Crippen molar-refractivity contribution in [2.75, 3.05) is 29.9 Å². The van der Waals surface area contributed by atoms with Crippen molar-refractivity contribution < 1.29 is 22.0 Å². The molecule has 2 atom stereocenters. The standard InChI is InChI=1S/C35H41F5N6/c1-21-25-9-8-10-27(30(25)36)35(39,40)24-12-17-45(18-13-24)16-7-5-4-6-11-29(31(37)38)46-22(2)28(34(20-41)14-15-34)19-26-32(42-21)43-23(3)44-33(26)46/h8-10,19,21,24,29,31H,2,4-7,11-18H2,1,3H3,(H,42,43,44)/t21-,29?/m1/s1. The number of rotatable bonds is 2. The number of benzene rings is 1. The van der Waals surface area contributed by atoms with Crippen LogP contribution in [0.1, 0.15) is 93.3 Å². The lowest BCUT2D eigenvalue weighted by atomic mass is 9.85. The van der Waals surface area contributed by atoms with E-state index in [1.807, 2.05) is 0 Å². The van der Waals surface area contributed by atoms with E-state index >= 15 is 13.2 Å². The summed E-state index contributed by atoms with van der Waals surface area (Å²) in [5, 5.41) is 13.3. The summed E-state index contributed by atoms with van der Waals surface area (Å²) in [5.41, 5.74) is -0.138. The Morgan fingerprint density at radius 2 is 1.76 bits per heavy atom. The minimum absolute atomic E-state index is 0.0490. The maximum absolute atomic E-state index is 16.1. The Bertz CT molecular complexity index is 1550. The van der Waals surface area contributed by atoms with Crippen molar-refractivity contribution in [3.05, 3.63) is 64.4 Å². The maximum atomic E-state index is 16.1. The van der Waals surface area contributed by atoms with Crippen LogP contribution in [-0.2, 0) is 5.92 Å². The molecule has 5 aliphatic rings. The molecular formula is C35H41F5N6. The summed E-state index contributed by atoms with van der Waals surface area (Å²) in [5.74, 6) is -4.49. The van der Waals surface area contributed by atoms with Crippen LogP contribution >= 0.6 is 0 Å². The van der Waals surface area contributed by atoms with Crippen LogP contribution in [0.15, 0.2) is 36.0 Å². The molecule has 4 aliphatic heterocycles. The zero-order valence-electron chi connectivity index (χ0n) is 26.4. The fraction of sp³-hybridized carbons (Fsp3) is 0.571. The van der Waals surface area contributed by atoms with Crippen molar-refractivity contribution in [1.29, 1.82) is 5.26 Å². The maximum Gasteiger partial charge on any atom is 0.278 e. The van der Waals surface area contributed by atoms with Crippen LogP contribution in [0, 0.1) is 35.4 Å². The van der Waals surface area contributed by atoms with Gasteiger partial charge in [0.05, 0.1) is 34.7 Å². The number of aromatic nitrogens is 2. The van der Waals surface area contributed by atoms with Gasteiger partial charge >= 0.3 is 0 Å². The van der Waals surface area contributed by atoms with E-state index in [1.165, 1.54) is 23.1 Å². The molecule has 8 bridgehead atoms. The smallest absolute Gasteiger partial charge is 0.278 e. The van der Waals surface area contributed by atoms with Crippen LogP contribution in [0.5, 0.6) is 0 Å². The lowest BCUT2D eigenvalue weighted by Gasteiger charge is -2.39. The van der Waals surface area contributed by atoms with E-state index in [2.05, 4.69) is 32.8 Å². The van der Waals surface area contributed by atoms with Gasteiger partial charge in [0.2, 0.25) is 0 Å². The monoisotopic (exact) mass is 640 g/mol. The van der Waals surface area contributed by atoms with E-state index < -0.39 is 47.1 Å². The fourth-order valence-electron chi connectivity index (χ4n) is 7.39. The third-order valence-corrected chi connectivity index (χ3v) is 10.3. The molecule has 1 saturated heterocycles. The first kappa shape index (κ1) is 32.4. The molecule has 5 heterocycles. The molecule has 1 saturated carbocycles. The summed E-state index contributed by atoms with van der Waals surface area (Å²) in [4.78, 5) is 12.8. The van der Waals surface area contributed by atoms with Crippen molar-refractivity contribution in [2.24, 2.45) is 11.3 Å². The van der Waals surface area contributed by atoms with E-state index in [-0.39, 0.29) is 36.5 Å². The molecule has 2 aromatic rings. The Kier molecular flexibility index (Phi) is 8.87. The first-order chi connectivity index (χ1) is 22.0. The first-order valence-corrected chi connectivity index (χ1v) is 16.4. The van der Waals surface area contributed by atoms with Crippen LogP contribution in [0.4, 0.5) is 33.6 Å². The molecule has 11 heteroatoms. The number of fused-ring (bicyclic) bond motifs is 9. The van der Waals surface area contributed by atoms with E-state index in [0.29, 0.717) is 55.0 Å². The van der Waals surface area contributed by atoms with Crippen LogP contribution in [0.2, 0.25) is 0 Å². The highest BCUT2D eigenvalue weighted by molar-refractivity contribution is 5.85. The number of allylic oxidation sites excluding steroid dienone is 1. The molecule has 0 spiro atoms. The summed E-state index contributed by atoms with van der Waals surface area (Å²) in [6.07, 6.45) is 3.90. The largest absolute Gasteiger partial charge is 0.363 e. The molecule has 1 aliphatic carbocycles. The van der Waals surface area contributed by atoms with E-state index in [0.717, 1.165) is 25.8 Å². The lowest BCUT2D eigenvalue weighted by molar-refractivity contribution is -0.0880. The van der Waals surface area contributed by atoms with Crippen molar-refractivity contribution in [3.8, 4) is 6.07 Å². The predicted molar refractivity (Wildman–Crippen MR) is 168 cm³/mol. The molecule has 6 nitrogen and oxygen atoms in total. The summed E-state index contributed by atoms with van der Waals surface area (Å²) < 4.78 is 77.7. The number of anilines is 2. The average molecular weight is 641 g/mol. The van der Waals surface area contributed by atoms with Gasteiger partial charge in [0.1, 0.15) is 23.3 Å². The van der Waals surface area contributed by atoms with Gasteiger partial charge in [0.25, 0.3) is 12.3 Å². The number of nitriles is 1. The van der Waals surface area contributed by atoms with Crippen molar-refractivity contribution >= 4 is 17.7 Å². The predicted octanol–water partition coefficient (Wildman–Crippen LogP) is 8.52. The van der Waals surface area contributed by atoms with E-state index in [4.69, 9.17) is 0 Å². The number of nitrogens with one attached hydrogen (secondary N) is 1. The zero-order chi connectivity index (χ0) is 32.8. The molecule has 1 unspecified atom stereocenters. The van der Waals surface area contributed by atoms with Gasteiger partial charge < -0.3 is 15.1 Å². The van der Waals surface area contributed by atoms with Crippen LogP contribution in [0.25, 0.3) is 6.08 Å². The molecule has 0 radical (unpaired) electrons. The molecular weight excluding hydrogens is 599 g/mol. The number of hydrogen-bond donors (Lipinski definition) is 1. The zero-order valence-corrected chi connectivity index (χ0v) is 26.4. The van der Waals surface area contributed by atoms with Gasteiger partial charge in [-0.1, -0.05) is 44.0 Å². The minimum Gasteiger partial charge on any atom is -0.363 e. The molecule has 0 amide bonds. The second-order valence-electron chi connectivity index (χ2n) is 13.3. The van der Waals surface area contributed by atoms with Crippen molar-refractivity contribution in [3.63, 3.8) is 0 Å². The molecule has 1 N–H and O–H groups in total. The minimum atomic E-state index is -3.34. The third kappa shape index (κ3) is 5.89. The second kappa shape index (κ2) is 12.6. The number of alkyl halides is 4. The summed E-state index contributed by atoms with van der Waals surface area (Å²) in [6, 6.07) is 4.42. The Hall–Kier alpha value is -3.52. The molecule has 46 heavy (non-hydrogen) atoms. The van der Waals surface area contributed by atoms with Gasteiger partial charge in [-0.15, -0.1) is 0 Å². The average Bonchev–Trinajstić information content (AvgIpc) is 3.82. The number of hydrogen-bond acceptors (Lipinski definition) is 6. The van der Waals surface area contributed by atoms with Gasteiger partial charge in [-0.2, -0.15) is 5.26 Å². The van der Waals surface area contributed by atoms with E-state index in [9.17, 15) is 14.0 Å². The topological polar surface area (TPSA) is 68.1 Å². The highest BCUT2D eigenvalue weighted by atomic mass is 19.3. The Morgan fingerprint density at radius 3 is 2.43 bits per heavy atom. The highest BCUT2D eigenvalue weighted by Gasteiger charge is 2.51. The van der Waals surface area contributed by atoms with Gasteiger partial charge in [-0.05, 0) is 83.7 Å². The molecule has 7 rings (SSSR count). The van der Waals surface area contributed by atoms with Gasteiger partial charge in [-0.25, -0.2) is 31.9 Å². The number of nitrogens with zero attached hydrogens (tertiary/aromatic N) is 5. The van der Waals surface area contributed by atoms with E-state index in [1.54, 1.807) is 19.9 Å². The number of piperidine rings is 1. The van der Waals surface area contributed by atoms with Crippen molar-refractivity contribution in [2.45, 2.75) is 96.1 Å². The van der Waals surface area contributed by atoms with Crippen LogP contribution in [-0.4, -0.2) is 47.0 Å². The quantitative estimate of drug-likeness (QED) is 0.332. The summed E-state index contributed by atoms with van der Waals surface area (Å²) >= 11 is 0. The molecule has 1 aromatic heterocycles. The summed E-state index contributed by atoms with van der Waals surface area (Å²) in [7, 11) is 0. The van der Waals surface area contributed by atoms with Gasteiger partial charge in [0, 0.05) is 17.2 Å². The highest BCUT2D eigenvalue weighted by Crippen LogP contribution is 2.57. The van der Waals surface area contributed by atoms with Gasteiger partial charge in [0.15, 0.2) is 0 Å². The Morgan fingerprint density at radius 1 is 1.04 bits per heavy atom. The SMILES string of the molecule is C=C1C(C2(C#N)CC2)=Cc2c3nc(C)nc2N1C(C(F)F)CCCCCCN1CCC(CC1)C(F)(F)c1cccc(c1F)[C@@H](C)N3. The first-order valence-electron chi connectivity index (χ1n) is 16.4. The lowest BCUT2D eigenvalue weighted by Crippen LogP contribution is -2.43. The summed E-state index contributed by atoms with van der Waals surface area (Å²) in [6.45, 7) is 9.29. The Labute approximate surface area is 267 Å².